The summed E-state index contributed by atoms with van der Waals surface area (Å²) in [5, 5.41) is 1.16. The molecule has 10 heavy (non-hydrogen) atoms. The Hall–Kier alpha value is -0.980. The predicted molar refractivity (Wildman–Crippen MR) is 47.5 cm³/mol. The van der Waals surface area contributed by atoms with Gasteiger partial charge in [0.1, 0.15) is 0 Å². The first-order valence-corrected chi connectivity index (χ1v) is 2.89. The first-order chi connectivity index (χ1) is 4.47. The average Bonchev–Trinajstić information content (AvgIpc) is 2.33. The number of fused-ring (bicyclic) bond motifs is 1. The average molecular weight is 130 g/mol. The molecule has 1 nitrogen and oxygen atoms in total. The summed E-state index contributed by atoms with van der Waals surface area (Å²) in [4.78, 5) is 0. The molecular formula is C7H8B2O. The van der Waals surface area contributed by atoms with Crippen LogP contribution in [0.25, 0.3) is 11.0 Å². The number of para-hydroxylation sites is 1. The Kier molecular flexibility index (Phi) is 1.95. The molecule has 0 atom stereocenters. The van der Waals surface area contributed by atoms with E-state index in [-0.39, 0.29) is 8.41 Å². The van der Waals surface area contributed by atoms with Crippen molar-refractivity contribution in [3.8, 4) is 0 Å². The van der Waals surface area contributed by atoms with Gasteiger partial charge in [-0.1, -0.05) is 0 Å². The van der Waals surface area contributed by atoms with Gasteiger partial charge in [-0.25, -0.2) is 0 Å². The van der Waals surface area contributed by atoms with Crippen molar-refractivity contribution in [3.05, 3.63) is 30.2 Å². The van der Waals surface area contributed by atoms with Crippen LogP contribution in [0, 0.1) is 0 Å². The van der Waals surface area contributed by atoms with Gasteiger partial charge >= 0.3 is 52.7 Å². The van der Waals surface area contributed by atoms with Crippen LogP contribution in [0.4, 0.5) is 0 Å². The van der Waals surface area contributed by atoms with Crippen LogP contribution < -0.4 is 0 Å². The van der Waals surface area contributed by atoms with Crippen molar-refractivity contribution in [1.82, 2.24) is 0 Å². The molecule has 0 N–H and O–H groups in total. The Morgan fingerprint density at radius 1 is 1.20 bits per heavy atom. The number of rotatable bonds is 0. The Morgan fingerprint density at radius 3 is 2.80 bits per heavy atom. The fourth-order valence-corrected chi connectivity index (χ4v) is 0.906. The predicted octanol–water partition coefficient (Wildman–Crippen LogP) is 0.587. The van der Waals surface area contributed by atoms with E-state index in [2.05, 4.69) is 0 Å². The van der Waals surface area contributed by atoms with Crippen LogP contribution in [-0.4, -0.2) is 15.5 Å². The molecule has 0 saturated carbocycles. The second-order valence-corrected chi connectivity index (χ2v) is 1.96. The molecule has 0 unspecified atom stereocenters. The maximum absolute atomic E-state index is 5.12. The summed E-state index contributed by atoms with van der Waals surface area (Å²) in [6.07, 6.45) is 0. The van der Waals surface area contributed by atoms with E-state index in [1.165, 1.54) is 0 Å². The van der Waals surface area contributed by atoms with E-state index >= 15 is 0 Å². The third-order valence-corrected chi connectivity index (χ3v) is 1.36. The van der Waals surface area contributed by atoms with Crippen molar-refractivity contribution >= 4 is 26.5 Å². The van der Waals surface area contributed by atoms with Gasteiger partial charge < -0.3 is 0 Å². The molecular weight excluding hydrogens is 122 g/mol. The molecule has 0 bridgehead atoms. The van der Waals surface area contributed by atoms with Crippen LogP contribution in [0.1, 0.15) is 0 Å². The molecule has 0 saturated heterocycles. The van der Waals surface area contributed by atoms with Gasteiger partial charge in [-0.15, -0.1) is 0 Å². The Bertz CT molecular complexity index is 286. The van der Waals surface area contributed by atoms with E-state index in [0.717, 1.165) is 11.0 Å². The minimum absolute atomic E-state index is 0. The van der Waals surface area contributed by atoms with Gasteiger partial charge in [-0.2, -0.15) is 0 Å². The second-order valence-electron chi connectivity index (χ2n) is 1.96. The number of hydrogen-bond donors (Lipinski definition) is 0. The molecule has 1 aromatic heterocycles. The van der Waals surface area contributed by atoms with Crippen molar-refractivity contribution in [1.29, 1.82) is 0 Å². The monoisotopic (exact) mass is 130 g/mol. The van der Waals surface area contributed by atoms with Gasteiger partial charge in [0.15, 0.2) is 0 Å². The summed E-state index contributed by atoms with van der Waals surface area (Å²) in [5.74, 6) is 1.95. The summed E-state index contributed by atoms with van der Waals surface area (Å²) < 4.78 is 5.12. The Labute approximate surface area is 61.9 Å². The normalized spacial score (nSPS) is 8.80. The molecule has 0 spiro atoms. The first kappa shape index (κ1) is 7.13. The summed E-state index contributed by atoms with van der Waals surface area (Å²) >= 11 is 0. The fourth-order valence-electron chi connectivity index (χ4n) is 0.906. The van der Waals surface area contributed by atoms with Crippen LogP contribution in [-0.2, 0) is 0 Å². The van der Waals surface area contributed by atoms with Gasteiger partial charge in [-0.05, 0) is 0 Å². The van der Waals surface area contributed by atoms with Gasteiger partial charge in [-0.3, -0.25) is 0 Å². The molecule has 0 aliphatic carbocycles. The van der Waals surface area contributed by atoms with Gasteiger partial charge in [0.05, 0.1) is 8.41 Å². The minimum atomic E-state index is 0. The quantitative estimate of drug-likeness (QED) is 0.475. The first-order valence-electron chi connectivity index (χ1n) is 2.89. The van der Waals surface area contributed by atoms with Gasteiger partial charge in [0.2, 0.25) is 0 Å². The second kappa shape index (κ2) is 2.74. The molecule has 0 amide bonds. The third-order valence-electron chi connectivity index (χ3n) is 1.36. The molecule has 0 aliphatic rings. The van der Waals surface area contributed by atoms with Crippen molar-refractivity contribution in [2.75, 3.05) is 0 Å². The van der Waals surface area contributed by atoms with Crippen molar-refractivity contribution in [3.63, 3.8) is 0 Å². The zero-order valence-electron chi connectivity index (χ0n) is 4.87. The van der Waals surface area contributed by atoms with E-state index in [4.69, 9.17) is 4.33 Å². The van der Waals surface area contributed by atoms with Gasteiger partial charge in [0.25, 0.3) is 0 Å². The van der Waals surface area contributed by atoms with Crippen molar-refractivity contribution in [2.24, 2.45) is 0 Å². The van der Waals surface area contributed by atoms with Crippen molar-refractivity contribution < 1.29 is 4.33 Å². The number of benzene rings is 1. The Morgan fingerprint density at radius 2 is 2.00 bits per heavy atom. The molecule has 48 valence electrons. The maximum atomic E-state index is 5.12. The van der Waals surface area contributed by atoms with Crippen LogP contribution in [0.2, 0.25) is 0 Å². The molecule has 0 fully saturated rings. The fraction of sp³-hybridized carbons (Fsp3) is 0. The summed E-state index contributed by atoms with van der Waals surface area (Å²) in [5.41, 5.74) is 0.956. The van der Waals surface area contributed by atoms with E-state index in [9.17, 15) is 0 Å². The van der Waals surface area contributed by atoms with Gasteiger partial charge in [0, 0.05) is 0 Å². The summed E-state index contributed by atoms with van der Waals surface area (Å²) in [6.45, 7) is 0. The molecule has 0 aliphatic heterocycles. The van der Waals surface area contributed by atoms with E-state index in [1.807, 2.05) is 30.2 Å². The van der Waals surface area contributed by atoms with E-state index in [1.54, 1.807) is 7.13 Å². The van der Waals surface area contributed by atoms with Crippen LogP contribution in [0.3, 0.4) is 0 Å². The Balaban J connectivity index is 0.000000500. The molecule has 2 rings (SSSR count). The molecule has 0 radical (unpaired) electrons. The standard InChI is InChI=1S/C7H5BO.BH3/c1-2-4-7-6(3-1)5-8-9-7;/h1-5H;1H3. The SMILES string of the molecule is B.b1cc2ccccc2o1. The van der Waals surface area contributed by atoms with Crippen molar-refractivity contribution in [2.45, 2.75) is 0 Å². The number of hydrogen-bond acceptors (Lipinski definition) is 1. The van der Waals surface area contributed by atoms with Crippen LogP contribution in [0.15, 0.2) is 34.6 Å². The van der Waals surface area contributed by atoms with Crippen LogP contribution in [0.5, 0.6) is 0 Å². The zero-order chi connectivity index (χ0) is 6.10. The zero-order valence-corrected chi connectivity index (χ0v) is 4.87. The van der Waals surface area contributed by atoms with E-state index in [0.29, 0.717) is 0 Å². The molecule has 3 heteroatoms. The van der Waals surface area contributed by atoms with E-state index < -0.39 is 0 Å². The third kappa shape index (κ3) is 0.991. The molecule has 1 aromatic carbocycles. The molecule has 2 aromatic rings. The van der Waals surface area contributed by atoms with Crippen LogP contribution >= 0.6 is 0 Å². The summed E-state index contributed by atoms with van der Waals surface area (Å²) in [6, 6.07) is 7.94. The topological polar surface area (TPSA) is 13.1 Å². The molecule has 1 heterocycles. The summed E-state index contributed by atoms with van der Waals surface area (Å²) in [7, 11) is 1.70.